The van der Waals surface area contributed by atoms with Crippen molar-refractivity contribution in [2.24, 2.45) is 0 Å². The van der Waals surface area contributed by atoms with Gasteiger partial charge < -0.3 is 5.11 Å². The molecule has 0 radical (unpaired) electrons. The molecule has 0 atom stereocenters. The molecule has 0 aromatic carbocycles. The second kappa shape index (κ2) is 4.85. The van der Waals surface area contributed by atoms with E-state index in [1.165, 1.54) is 12.3 Å². The average Bonchev–Trinajstić information content (AvgIpc) is 2.16. The Balaban J connectivity index is 3.14. The molecule has 0 aliphatic heterocycles. The van der Waals surface area contributed by atoms with Crippen molar-refractivity contribution in [1.29, 1.82) is 0 Å². The van der Waals surface area contributed by atoms with Crippen LogP contribution in [-0.4, -0.2) is 21.9 Å². The first kappa shape index (κ1) is 10.8. The summed E-state index contributed by atoms with van der Waals surface area (Å²) in [6.07, 6.45) is 1.18. The van der Waals surface area contributed by atoms with E-state index >= 15 is 0 Å². The lowest BCUT2D eigenvalue weighted by molar-refractivity contribution is 0.0696. The number of nitrogens with zero attached hydrogens (tertiary/aromatic N) is 1. The van der Waals surface area contributed by atoms with E-state index in [1.54, 1.807) is 0 Å². The Labute approximate surface area is 90.7 Å². The number of pyridine rings is 1. The Hall–Kier alpha value is -1.24. The number of alkyl halides is 1. The minimum atomic E-state index is -1.07. The quantitative estimate of drug-likeness (QED) is 0.456. The lowest BCUT2D eigenvalue weighted by Gasteiger charge is -1.96. The van der Waals surface area contributed by atoms with Crippen molar-refractivity contribution in [3.8, 4) is 11.8 Å². The van der Waals surface area contributed by atoms with Crippen molar-refractivity contribution in [2.45, 2.75) is 0 Å². The molecule has 14 heavy (non-hydrogen) atoms. The molecule has 0 fully saturated rings. The second-order valence-electron chi connectivity index (χ2n) is 2.30. The van der Waals surface area contributed by atoms with Crippen molar-refractivity contribution in [3.63, 3.8) is 0 Å². The van der Waals surface area contributed by atoms with E-state index in [1.807, 2.05) is 0 Å². The molecule has 1 rings (SSSR count). The predicted molar refractivity (Wildman–Crippen MR) is 53.8 cm³/mol. The van der Waals surface area contributed by atoms with E-state index < -0.39 is 5.97 Å². The first-order valence-corrected chi connectivity index (χ1v) is 4.50. The maximum absolute atomic E-state index is 10.6. The highest BCUT2D eigenvalue weighted by atomic mass is 35.5. The predicted octanol–water partition coefficient (Wildman–Crippen LogP) is 2.02. The maximum Gasteiger partial charge on any atom is 0.337 e. The molecule has 0 unspecified atom stereocenters. The molecule has 0 saturated carbocycles. The summed E-state index contributed by atoms with van der Waals surface area (Å²) < 4.78 is 0. The molecular formula is C9H5Cl2NO2. The molecule has 0 saturated heterocycles. The largest absolute Gasteiger partial charge is 0.478 e. The van der Waals surface area contributed by atoms with Crippen molar-refractivity contribution in [3.05, 3.63) is 28.5 Å². The average molecular weight is 230 g/mol. The summed E-state index contributed by atoms with van der Waals surface area (Å²) in [5.41, 5.74) is 0.417. The van der Waals surface area contributed by atoms with Crippen LogP contribution < -0.4 is 0 Å². The zero-order chi connectivity index (χ0) is 10.6. The van der Waals surface area contributed by atoms with Gasteiger partial charge in [-0.05, 0) is 6.07 Å². The maximum atomic E-state index is 10.6. The molecule has 0 aliphatic carbocycles. The SMILES string of the molecule is O=C(O)c1cnc(Cl)c(C#CCCl)c1. The van der Waals surface area contributed by atoms with Gasteiger partial charge in [0.05, 0.1) is 17.0 Å². The number of hydrogen-bond acceptors (Lipinski definition) is 2. The molecule has 5 heteroatoms. The summed E-state index contributed by atoms with van der Waals surface area (Å²) in [6, 6.07) is 1.36. The molecule has 0 bridgehead atoms. The molecule has 1 N–H and O–H groups in total. The number of aromatic nitrogens is 1. The van der Waals surface area contributed by atoms with Crippen LogP contribution in [0.3, 0.4) is 0 Å². The molecular weight excluding hydrogens is 225 g/mol. The van der Waals surface area contributed by atoms with Crippen LogP contribution in [0.5, 0.6) is 0 Å². The summed E-state index contributed by atoms with van der Waals surface area (Å²) >= 11 is 11.0. The van der Waals surface area contributed by atoms with Crippen LogP contribution in [0.15, 0.2) is 12.3 Å². The van der Waals surface area contributed by atoms with Gasteiger partial charge in [0.2, 0.25) is 0 Å². The number of carboxylic acids is 1. The third-order valence-electron chi connectivity index (χ3n) is 1.38. The van der Waals surface area contributed by atoms with Crippen LogP contribution in [0.4, 0.5) is 0 Å². The van der Waals surface area contributed by atoms with Crippen molar-refractivity contribution >= 4 is 29.2 Å². The summed E-state index contributed by atoms with van der Waals surface area (Å²) in [5.74, 6) is 4.28. The van der Waals surface area contributed by atoms with Gasteiger partial charge in [-0.3, -0.25) is 0 Å². The number of hydrogen-bond donors (Lipinski definition) is 1. The van der Waals surface area contributed by atoms with Gasteiger partial charge in [0.25, 0.3) is 0 Å². The molecule has 0 spiro atoms. The van der Waals surface area contributed by atoms with Gasteiger partial charge in [0.1, 0.15) is 5.15 Å². The molecule has 1 aromatic heterocycles. The minimum Gasteiger partial charge on any atom is -0.478 e. The fourth-order valence-electron chi connectivity index (χ4n) is 0.781. The van der Waals surface area contributed by atoms with Gasteiger partial charge in [-0.15, -0.1) is 11.6 Å². The van der Waals surface area contributed by atoms with Crippen LogP contribution in [0, 0.1) is 11.8 Å². The number of aromatic carboxylic acids is 1. The molecule has 0 aliphatic rings. The Morgan fingerprint density at radius 2 is 2.36 bits per heavy atom. The van der Waals surface area contributed by atoms with Gasteiger partial charge in [-0.1, -0.05) is 23.4 Å². The van der Waals surface area contributed by atoms with E-state index in [9.17, 15) is 4.79 Å². The van der Waals surface area contributed by atoms with Gasteiger partial charge in [-0.25, -0.2) is 9.78 Å². The van der Waals surface area contributed by atoms with E-state index in [4.69, 9.17) is 28.3 Å². The summed E-state index contributed by atoms with van der Waals surface area (Å²) in [6.45, 7) is 0. The molecule has 1 heterocycles. The molecule has 1 aromatic rings. The lowest BCUT2D eigenvalue weighted by atomic mass is 10.2. The fraction of sp³-hybridized carbons (Fsp3) is 0.111. The Morgan fingerprint density at radius 1 is 1.64 bits per heavy atom. The van der Waals surface area contributed by atoms with Crippen molar-refractivity contribution in [2.75, 3.05) is 5.88 Å². The highest BCUT2D eigenvalue weighted by Crippen LogP contribution is 2.12. The second-order valence-corrected chi connectivity index (χ2v) is 2.93. The summed E-state index contributed by atoms with van der Waals surface area (Å²) in [5, 5.41) is 8.84. The topological polar surface area (TPSA) is 50.2 Å². The van der Waals surface area contributed by atoms with E-state index in [2.05, 4.69) is 16.8 Å². The van der Waals surface area contributed by atoms with Crippen LogP contribution in [0.1, 0.15) is 15.9 Å². The van der Waals surface area contributed by atoms with Crippen molar-refractivity contribution < 1.29 is 9.90 Å². The minimum absolute atomic E-state index is 0.0493. The fourth-order valence-corrected chi connectivity index (χ4v) is 0.999. The number of rotatable bonds is 1. The van der Waals surface area contributed by atoms with Crippen molar-refractivity contribution in [1.82, 2.24) is 4.98 Å². The normalized spacial score (nSPS) is 9.00. The number of halogens is 2. The van der Waals surface area contributed by atoms with Gasteiger partial charge in [0.15, 0.2) is 0 Å². The summed E-state index contributed by atoms with van der Waals surface area (Å²) in [4.78, 5) is 14.3. The Bertz CT molecular complexity index is 421. The highest BCUT2D eigenvalue weighted by Gasteiger charge is 2.06. The van der Waals surface area contributed by atoms with E-state index in [-0.39, 0.29) is 16.6 Å². The highest BCUT2D eigenvalue weighted by molar-refractivity contribution is 6.30. The molecule has 3 nitrogen and oxygen atoms in total. The molecule has 72 valence electrons. The first-order valence-electron chi connectivity index (χ1n) is 3.59. The van der Waals surface area contributed by atoms with E-state index in [0.29, 0.717) is 5.56 Å². The zero-order valence-corrected chi connectivity index (χ0v) is 8.43. The van der Waals surface area contributed by atoms with Crippen LogP contribution in [0.2, 0.25) is 5.15 Å². The van der Waals surface area contributed by atoms with Crippen LogP contribution in [0.25, 0.3) is 0 Å². The Kier molecular flexibility index (Phi) is 3.75. The smallest absolute Gasteiger partial charge is 0.337 e. The zero-order valence-electron chi connectivity index (χ0n) is 6.92. The van der Waals surface area contributed by atoms with Gasteiger partial charge in [0, 0.05) is 6.20 Å². The van der Waals surface area contributed by atoms with Gasteiger partial charge in [-0.2, -0.15) is 0 Å². The summed E-state index contributed by atoms with van der Waals surface area (Å²) in [7, 11) is 0. The standard InChI is InChI=1S/C9H5Cl2NO2/c10-3-1-2-6-4-7(9(13)14)5-12-8(6)11/h4-5H,3H2,(H,13,14). The monoisotopic (exact) mass is 229 g/mol. The van der Waals surface area contributed by atoms with Gasteiger partial charge >= 0.3 is 5.97 Å². The molecule has 0 amide bonds. The van der Waals surface area contributed by atoms with E-state index in [0.717, 1.165) is 0 Å². The Morgan fingerprint density at radius 3 is 2.93 bits per heavy atom. The lowest BCUT2D eigenvalue weighted by Crippen LogP contribution is -1.98. The third kappa shape index (κ3) is 2.63. The van der Waals surface area contributed by atoms with Crippen LogP contribution in [-0.2, 0) is 0 Å². The number of carboxylic acid groups (broad SMARTS) is 1. The van der Waals surface area contributed by atoms with Crippen LogP contribution >= 0.6 is 23.2 Å². The number of carbonyl (C=O) groups is 1. The third-order valence-corrected chi connectivity index (χ3v) is 1.81. The first-order chi connectivity index (χ1) is 6.65.